The molecule has 2 rings (SSSR count). The van der Waals surface area contributed by atoms with Crippen molar-refractivity contribution in [2.75, 3.05) is 19.8 Å². The number of carbonyl (C=O) groups is 2. The van der Waals surface area contributed by atoms with Gasteiger partial charge in [-0.1, -0.05) is 12.2 Å². The molecule has 5 heteroatoms. The number of likely N-dealkylation sites (tertiary alicyclic amines) is 1. The van der Waals surface area contributed by atoms with Gasteiger partial charge in [-0.2, -0.15) is 0 Å². The highest BCUT2D eigenvalue weighted by atomic mass is 16.5. The van der Waals surface area contributed by atoms with E-state index in [0.717, 1.165) is 45.1 Å². The molecule has 0 aromatic rings. The normalized spacial score (nSPS) is 27.3. The van der Waals surface area contributed by atoms with E-state index in [0.29, 0.717) is 43.5 Å². The van der Waals surface area contributed by atoms with Crippen LogP contribution < -0.4 is 5.32 Å². The molecule has 0 aromatic heterocycles. The van der Waals surface area contributed by atoms with Crippen molar-refractivity contribution in [3.8, 4) is 0 Å². The number of nitrogens with one attached hydrogen (secondary N) is 1. The fourth-order valence-electron chi connectivity index (χ4n) is 3.02. The molecular weight excluding hydrogens is 280 g/mol. The molecule has 0 aromatic carbocycles. The summed E-state index contributed by atoms with van der Waals surface area (Å²) in [6, 6.07) is 0.751. The average Bonchev–Trinajstić information content (AvgIpc) is 3.09. The molecule has 1 saturated heterocycles. The fraction of sp³-hybridized carbons (Fsp3) is 0.765. The molecule has 22 heavy (non-hydrogen) atoms. The molecule has 2 fully saturated rings. The highest BCUT2D eigenvalue weighted by Crippen LogP contribution is 2.30. The summed E-state index contributed by atoms with van der Waals surface area (Å²) < 4.78 is 5.53. The minimum absolute atomic E-state index is 0.298. The van der Waals surface area contributed by atoms with Gasteiger partial charge in [0.05, 0.1) is 6.61 Å². The molecule has 1 heterocycles. The number of hydrogen-bond acceptors (Lipinski definition) is 3. The van der Waals surface area contributed by atoms with Crippen molar-refractivity contribution < 1.29 is 14.3 Å². The molecule has 1 aliphatic heterocycles. The second-order valence-electron chi connectivity index (χ2n) is 6.33. The van der Waals surface area contributed by atoms with Gasteiger partial charge < -0.3 is 15.0 Å². The zero-order chi connectivity index (χ0) is 15.8. The molecule has 1 N–H and O–H groups in total. The van der Waals surface area contributed by atoms with Crippen molar-refractivity contribution in [2.45, 2.75) is 57.5 Å². The minimum atomic E-state index is 0.298. The lowest BCUT2D eigenvalue weighted by Gasteiger charge is -2.21. The van der Waals surface area contributed by atoms with Gasteiger partial charge in [-0.3, -0.25) is 9.59 Å². The van der Waals surface area contributed by atoms with Crippen LogP contribution >= 0.6 is 0 Å². The first-order valence-corrected chi connectivity index (χ1v) is 8.46. The van der Waals surface area contributed by atoms with Crippen LogP contribution in [-0.4, -0.2) is 49.1 Å². The predicted octanol–water partition coefficient (Wildman–Crippen LogP) is 1.87. The van der Waals surface area contributed by atoms with Gasteiger partial charge in [0.15, 0.2) is 0 Å². The van der Waals surface area contributed by atoms with E-state index < -0.39 is 0 Å². The smallest absolute Gasteiger partial charge is 0.222 e. The summed E-state index contributed by atoms with van der Waals surface area (Å²) in [7, 11) is 0. The lowest BCUT2D eigenvalue weighted by molar-refractivity contribution is -0.131. The summed E-state index contributed by atoms with van der Waals surface area (Å²) >= 11 is 0. The summed E-state index contributed by atoms with van der Waals surface area (Å²) in [5.41, 5.74) is 0. The lowest BCUT2D eigenvalue weighted by atomic mass is 10.2. The van der Waals surface area contributed by atoms with Crippen LogP contribution in [0.4, 0.5) is 0 Å². The van der Waals surface area contributed by atoms with E-state index in [1.165, 1.54) is 0 Å². The largest absolute Gasteiger partial charge is 0.377 e. The maximum atomic E-state index is 12.0. The van der Waals surface area contributed by atoms with Gasteiger partial charge in [-0.15, -0.1) is 0 Å². The van der Waals surface area contributed by atoms with Crippen LogP contribution in [0.15, 0.2) is 12.2 Å². The zero-order valence-electron chi connectivity index (χ0n) is 13.5. The molecule has 124 valence electrons. The monoisotopic (exact) mass is 308 g/mol. The number of ether oxygens (including phenoxy) is 1. The Balaban J connectivity index is 1.42. The third kappa shape index (κ3) is 5.44. The SMILES string of the molecule is CC1CCCN1C(=O)CCCCOC/C=C\[C@@H]1CC1NC=O. The van der Waals surface area contributed by atoms with Crippen LogP contribution in [0.5, 0.6) is 0 Å². The second kappa shape index (κ2) is 8.93. The van der Waals surface area contributed by atoms with E-state index in [4.69, 9.17) is 4.74 Å². The van der Waals surface area contributed by atoms with Crippen molar-refractivity contribution in [3.05, 3.63) is 12.2 Å². The Kier molecular flexibility index (Phi) is 6.90. The van der Waals surface area contributed by atoms with Gasteiger partial charge in [0, 0.05) is 31.7 Å². The van der Waals surface area contributed by atoms with Crippen molar-refractivity contribution in [1.29, 1.82) is 0 Å². The van der Waals surface area contributed by atoms with Crippen LogP contribution in [0, 0.1) is 5.92 Å². The zero-order valence-corrected chi connectivity index (χ0v) is 13.5. The van der Waals surface area contributed by atoms with Crippen molar-refractivity contribution in [2.24, 2.45) is 5.92 Å². The maximum absolute atomic E-state index is 12.0. The van der Waals surface area contributed by atoms with E-state index in [-0.39, 0.29) is 0 Å². The van der Waals surface area contributed by atoms with Gasteiger partial charge in [0.1, 0.15) is 0 Å². The van der Waals surface area contributed by atoms with Crippen molar-refractivity contribution in [1.82, 2.24) is 10.2 Å². The minimum Gasteiger partial charge on any atom is -0.377 e. The standard InChI is InChI=1S/C17H28N2O3/c1-14-6-4-9-19(14)17(21)8-2-3-10-22-11-5-7-15-12-16(15)18-13-20/h5,7,13-16H,2-4,6,8-12H2,1H3,(H,18,20)/b7-5-/t14?,15-,16?/m1/s1. The number of hydrogen-bond donors (Lipinski definition) is 1. The van der Waals surface area contributed by atoms with E-state index in [2.05, 4.69) is 18.3 Å². The van der Waals surface area contributed by atoms with Crippen molar-refractivity contribution >= 4 is 12.3 Å². The highest BCUT2D eigenvalue weighted by Gasteiger charge is 2.33. The third-order valence-corrected chi connectivity index (χ3v) is 4.52. The second-order valence-corrected chi connectivity index (χ2v) is 6.33. The van der Waals surface area contributed by atoms with Crippen LogP contribution in [-0.2, 0) is 14.3 Å². The Hall–Kier alpha value is -1.36. The summed E-state index contributed by atoms with van der Waals surface area (Å²) in [5.74, 6) is 0.779. The van der Waals surface area contributed by atoms with Crippen molar-refractivity contribution in [3.63, 3.8) is 0 Å². The van der Waals surface area contributed by atoms with Gasteiger partial charge in [-0.05, 0) is 44.9 Å². The highest BCUT2D eigenvalue weighted by molar-refractivity contribution is 5.76. The molecule has 1 saturated carbocycles. The molecule has 2 unspecified atom stereocenters. The first-order chi connectivity index (χ1) is 10.7. The van der Waals surface area contributed by atoms with E-state index in [1.54, 1.807) is 0 Å². The molecule has 0 bridgehead atoms. The van der Waals surface area contributed by atoms with Crippen LogP contribution in [0.2, 0.25) is 0 Å². The summed E-state index contributed by atoms with van der Waals surface area (Å²) in [4.78, 5) is 24.3. The first-order valence-electron chi connectivity index (χ1n) is 8.46. The summed E-state index contributed by atoms with van der Waals surface area (Å²) in [6.07, 6.45) is 10.7. The van der Waals surface area contributed by atoms with Crippen LogP contribution in [0.3, 0.4) is 0 Å². The number of nitrogens with zero attached hydrogens (tertiary/aromatic N) is 1. The molecule has 1 aliphatic carbocycles. The van der Waals surface area contributed by atoms with Gasteiger partial charge in [-0.25, -0.2) is 0 Å². The quantitative estimate of drug-likeness (QED) is 0.381. The summed E-state index contributed by atoms with van der Waals surface area (Å²) in [5, 5.41) is 2.77. The summed E-state index contributed by atoms with van der Waals surface area (Å²) in [6.45, 7) is 4.38. The molecule has 2 amide bonds. The Labute approximate surface area is 133 Å². The fourth-order valence-corrected chi connectivity index (χ4v) is 3.02. The Bertz CT molecular complexity index is 397. The molecule has 0 spiro atoms. The molecule has 3 atom stereocenters. The average molecular weight is 308 g/mol. The number of rotatable bonds is 10. The predicted molar refractivity (Wildman–Crippen MR) is 85.3 cm³/mol. The Morgan fingerprint density at radius 1 is 1.41 bits per heavy atom. The molecular formula is C17H28N2O3. The van der Waals surface area contributed by atoms with E-state index in [9.17, 15) is 9.59 Å². The van der Waals surface area contributed by atoms with Gasteiger partial charge >= 0.3 is 0 Å². The Morgan fingerprint density at radius 2 is 2.27 bits per heavy atom. The van der Waals surface area contributed by atoms with Gasteiger partial charge in [0.2, 0.25) is 12.3 Å². The molecule has 0 radical (unpaired) electrons. The van der Waals surface area contributed by atoms with E-state index >= 15 is 0 Å². The number of unbranched alkanes of at least 4 members (excludes halogenated alkanes) is 1. The third-order valence-electron chi connectivity index (χ3n) is 4.52. The molecule has 5 nitrogen and oxygen atoms in total. The number of carbonyl (C=O) groups excluding carboxylic acids is 2. The first kappa shape index (κ1) is 17.0. The molecule has 2 aliphatic rings. The lowest BCUT2D eigenvalue weighted by Crippen LogP contribution is -2.33. The Morgan fingerprint density at radius 3 is 3.00 bits per heavy atom. The number of amides is 2. The maximum Gasteiger partial charge on any atom is 0.222 e. The van der Waals surface area contributed by atoms with Gasteiger partial charge in [0.25, 0.3) is 0 Å². The topological polar surface area (TPSA) is 58.6 Å². The van der Waals surface area contributed by atoms with Crippen LogP contribution in [0.25, 0.3) is 0 Å². The van der Waals surface area contributed by atoms with Crippen LogP contribution in [0.1, 0.15) is 45.4 Å². The van der Waals surface area contributed by atoms with E-state index in [1.807, 2.05) is 11.0 Å².